The zero-order valence-electron chi connectivity index (χ0n) is 8.50. The summed E-state index contributed by atoms with van der Waals surface area (Å²) >= 11 is 0. The fourth-order valence-corrected chi connectivity index (χ4v) is 1.43. The Morgan fingerprint density at radius 1 is 1.43 bits per heavy atom. The van der Waals surface area contributed by atoms with Crippen LogP contribution >= 0.6 is 0 Å². The molecule has 0 aliphatic carbocycles. The van der Waals surface area contributed by atoms with Crippen molar-refractivity contribution in [3.8, 4) is 6.07 Å². The van der Waals surface area contributed by atoms with Gasteiger partial charge < -0.3 is 0 Å². The molecule has 1 aromatic carbocycles. The van der Waals surface area contributed by atoms with Crippen LogP contribution < -0.4 is 0 Å². The number of rotatable bonds is 3. The van der Waals surface area contributed by atoms with Gasteiger partial charge in [0.1, 0.15) is 0 Å². The van der Waals surface area contributed by atoms with Crippen LogP contribution in [0.1, 0.15) is 34.3 Å². The van der Waals surface area contributed by atoms with E-state index in [4.69, 9.17) is 5.26 Å². The van der Waals surface area contributed by atoms with E-state index in [1.165, 1.54) is 0 Å². The Hall–Kier alpha value is -1.62. The molecule has 0 aliphatic rings. The number of nitriles is 1. The molecule has 0 aliphatic heterocycles. The number of carbonyl (C=O) groups excluding carboxylic acids is 1. The summed E-state index contributed by atoms with van der Waals surface area (Å²) in [5.74, 6) is 0.0593. The molecule has 0 saturated heterocycles. The van der Waals surface area contributed by atoms with Crippen LogP contribution in [-0.2, 0) is 0 Å². The van der Waals surface area contributed by atoms with Crippen LogP contribution in [-0.4, -0.2) is 5.78 Å². The molecule has 0 aromatic heterocycles. The van der Waals surface area contributed by atoms with E-state index < -0.39 is 0 Å². The minimum atomic E-state index is 0.0593. The maximum atomic E-state index is 11.6. The molecule has 14 heavy (non-hydrogen) atoms. The van der Waals surface area contributed by atoms with Gasteiger partial charge in [0.05, 0.1) is 6.07 Å². The van der Waals surface area contributed by atoms with Crippen molar-refractivity contribution in [2.45, 2.75) is 26.7 Å². The van der Waals surface area contributed by atoms with Gasteiger partial charge in [-0.15, -0.1) is 0 Å². The molecule has 0 N–H and O–H groups in total. The molecule has 1 aromatic rings. The number of benzene rings is 1. The maximum Gasteiger partial charge on any atom is 0.164 e. The highest BCUT2D eigenvalue weighted by Crippen LogP contribution is 2.13. The Morgan fingerprint density at radius 3 is 2.71 bits per heavy atom. The topological polar surface area (TPSA) is 40.9 Å². The summed E-state index contributed by atoms with van der Waals surface area (Å²) in [4.78, 5) is 11.6. The second kappa shape index (κ2) is 4.57. The lowest BCUT2D eigenvalue weighted by atomic mass is 10.00. The third-order valence-electron chi connectivity index (χ3n) is 2.15. The van der Waals surface area contributed by atoms with Crippen molar-refractivity contribution in [2.75, 3.05) is 0 Å². The van der Waals surface area contributed by atoms with E-state index in [9.17, 15) is 4.79 Å². The first kappa shape index (κ1) is 10.5. The number of hydrogen-bond donors (Lipinski definition) is 0. The van der Waals surface area contributed by atoms with Gasteiger partial charge in [-0.25, -0.2) is 0 Å². The molecule has 1 rings (SSSR count). The maximum absolute atomic E-state index is 11.6. The highest BCUT2D eigenvalue weighted by molar-refractivity contribution is 5.97. The zero-order chi connectivity index (χ0) is 10.6. The van der Waals surface area contributed by atoms with Gasteiger partial charge in [0.15, 0.2) is 5.78 Å². The fourth-order valence-electron chi connectivity index (χ4n) is 1.43. The fraction of sp³-hybridized carbons (Fsp3) is 0.333. The highest BCUT2D eigenvalue weighted by Gasteiger charge is 2.07. The van der Waals surface area contributed by atoms with Gasteiger partial charge in [-0.05, 0) is 19.4 Å². The highest BCUT2D eigenvalue weighted by atomic mass is 16.1. The Morgan fingerprint density at radius 2 is 2.14 bits per heavy atom. The first-order chi connectivity index (χ1) is 6.65. The minimum Gasteiger partial charge on any atom is -0.294 e. The van der Waals surface area contributed by atoms with E-state index in [0.29, 0.717) is 12.8 Å². The molecule has 0 amide bonds. The number of nitrogens with zero attached hydrogens (tertiary/aromatic N) is 1. The molecule has 0 fully saturated rings. The summed E-state index contributed by atoms with van der Waals surface area (Å²) in [6, 6.07) is 7.72. The van der Waals surface area contributed by atoms with E-state index >= 15 is 0 Å². The average molecular weight is 187 g/mol. The lowest BCUT2D eigenvalue weighted by Crippen LogP contribution is -2.01. The normalized spacial score (nSPS) is 9.50. The number of aryl methyl sites for hydroxylation is 2. The van der Waals surface area contributed by atoms with Crippen LogP contribution in [0.25, 0.3) is 0 Å². The third kappa shape index (κ3) is 2.43. The number of Topliss-reactive ketones (excluding diaryl/α,β-unsaturated/α-hetero) is 1. The van der Waals surface area contributed by atoms with Crippen molar-refractivity contribution in [2.24, 2.45) is 0 Å². The second-order valence-corrected chi connectivity index (χ2v) is 3.40. The Labute approximate surface area is 84.2 Å². The molecule has 0 atom stereocenters. The zero-order valence-corrected chi connectivity index (χ0v) is 8.50. The van der Waals surface area contributed by atoms with Crippen LogP contribution in [0.3, 0.4) is 0 Å². The third-order valence-corrected chi connectivity index (χ3v) is 2.15. The quantitative estimate of drug-likeness (QED) is 0.683. The summed E-state index contributed by atoms with van der Waals surface area (Å²) in [6.07, 6.45) is 0.618. The molecule has 0 saturated carbocycles. The summed E-state index contributed by atoms with van der Waals surface area (Å²) in [5, 5.41) is 8.37. The van der Waals surface area contributed by atoms with Crippen LogP contribution in [0.15, 0.2) is 18.2 Å². The molecule has 0 bridgehead atoms. The molecular weight excluding hydrogens is 174 g/mol. The van der Waals surface area contributed by atoms with E-state index in [2.05, 4.69) is 0 Å². The molecule has 0 spiro atoms. The monoisotopic (exact) mass is 187 g/mol. The van der Waals surface area contributed by atoms with Crippen LogP contribution in [0, 0.1) is 25.2 Å². The minimum absolute atomic E-state index is 0.0593. The molecule has 2 nitrogen and oxygen atoms in total. The summed E-state index contributed by atoms with van der Waals surface area (Å²) in [7, 11) is 0. The summed E-state index contributed by atoms with van der Waals surface area (Å²) < 4.78 is 0. The summed E-state index contributed by atoms with van der Waals surface area (Å²) in [5.41, 5.74) is 2.89. The van der Waals surface area contributed by atoms with Crippen molar-refractivity contribution in [1.29, 1.82) is 5.26 Å². The summed E-state index contributed by atoms with van der Waals surface area (Å²) in [6.45, 7) is 3.92. The second-order valence-electron chi connectivity index (χ2n) is 3.40. The lowest BCUT2D eigenvalue weighted by molar-refractivity contribution is 0.0983. The smallest absolute Gasteiger partial charge is 0.164 e. The number of ketones is 1. The van der Waals surface area contributed by atoms with E-state index in [-0.39, 0.29) is 5.78 Å². The Balaban J connectivity index is 2.86. The van der Waals surface area contributed by atoms with Crippen LogP contribution in [0.5, 0.6) is 0 Å². The van der Waals surface area contributed by atoms with Crippen LogP contribution in [0.2, 0.25) is 0 Å². The van der Waals surface area contributed by atoms with Gasteiger partial charge in [0.2, 0.25) is 0 Å². The van der Waals surface area contributed by atoms with E-state index in [1.54, 1.807) is 0 Å². The molecular formula is C12H13NO. The van der Waals surface area contributed by atoms with Gasteiger partial charge >= 0.3 is 0 Å². The first-order valence-electron chi connectivity index (χ1n) is 4.62. The van der Waals surface area contributed by atoms with E-state index in [0.717, 1.165) is 16.7 Å². The number of hydrogen-bond acceptors (Lipinski definition) is 2. The average Bonchev–Trinajstić information content (AvgIpc) is 2.14. The standard InChI is InChI=1S/C12H13NO/c1-9-5-6-11(10(2)8-9)12(14)4-3-7-13/h5-6,8H,3-4H2,1-2H3. The molecule has 0 unspecified atom stereocenters. The van der Waals surface area contributed by atoms with Crippen molar-refractivity contribution < 1.29 is 4.79 Å². The predicted octanol–water partition coefficient (Wildman–Crippen LogP) is 2.79. The molecule has 0 radical (unpaired) electrons. The van der Waals surface area contributed by atoms with Gasteiger partial charge in [-0.2, -0.15) is 5.26 Å². The van der Waals surface area contributed by atoms with Gasteiger partial charge in [0.25, 0.3) is 0 Å². The lowest BCUT2D eigenvalue weighted by Gasteiger charge is -2.04. The van der Waals surface area contributed by atoms with Gasteiger partial charge in [-0.3, -0.25) is 4.79 Å². The van der Waals surface area contributed by atoms with Crippen LogP contribution in [0.4, 0.5) is 0 Å². The molecule has 2 heteroatoms. The van der Waals surface area contributed by atoms with Gasteiger partial charge in [0, 0.05) is 18.4 Å². The number of carbonyl (C=O) groups is 1. The van der Waals surface area contributed by atoms with E-state index in [1.807, 2.05) is 38.1 Å². The van der Waals surface area contributed by atoms with Crippen molar-refractivity contribution >= 4 is 5.78 Å². The Kier molecular flexibility index (Phi) is 3.41. The SMILES string of the molecule is Cc1ccc(C(=O)CCC#N)c(C)c1. The van der Waals surface area contributed by atoms with Crippen molar-refractivity contribution in [3.63, 3.8) is 0 Å². The molecule has 0 heterocycles. The van der Waals surface area contributed by atoms with Gasteiger partial charge in [-0.1, -0.05) is 23.8 Å². The Bertz CT molecular complexity index is 388. The van der Waals surface area contributed by atoms with Crippen molar-refractivity contribution in [1.82, 2.24) is 0 Å². The predicted molar refractivity (Wildman–Crippen MR) is 55.1 cm³/mol. The largest absolute Gasteiger partial charge is 0.294 e. The van der Waals surface area contributed by atoms with Crippen molar-refractivity contribution in [3.05, 3.63) is 34.9 Å². The first-order valence-corrected chi connectivity index (χ1v) is 4.62. The molecule has 72 valence electrons.